The Morgan fingerprint density at radius 2 is 1.91 bits per heavy atom. The van der Waals surface area contributed by atoms with Gasteiger partial charge in [0, 0.05) is 42.6 Å². The molecule has 0 fully saturated rings. The molecule has 0 bridgehead atoms. The number of nitrogens with zero attached hydrogens (tertiary/aromatic N) is 3. The molecule has 1 aliphatic carbocycles. The van der Waals surface area contributed by atoms with E-state index < -0.39 is 0 Å². The van der Waals surface area contributed by atoms with E-state index in [4.69, 9.17) is 9.72 Å². The van der Waals surface area contributed by atoms with Crippen molar-refractivity contribution in [2.45, 2.75) is 65.9 Å². The number of rotatable bonds is 8. The maximum Gasteiger partial charge on any atom is 0.125 e. The van der Waals surface area contributed by atoms with Gasteiger partial charge in [0.2, 0.25) is 0 Å². The van der Waals surface area contributed by atoms with Crippen LogP contribution in [-0.2, 0) is 19.3 Å². The Morgan fingerprint density at radius 1 is 1.15 bits per heavy atom. The summed E-state index contributed by atoms with van der Waals surface area (Å²) in [5.41, 5.74) is 8.58. The van der Waals surface area contributed by atoms with Crippen molar-refractivity contribution in [2.24, 2.45) is 4.99 Å². The topological polar surface area (TPSA) is 37.7 Å². The van der Waals surface area contributed by atoms with Crippen molar-refractivity contribution in [1.29, 1.82) is 0 Å². The number of ether oxygens (including phenoxy) is 1. The van der Waals surface area contributed by atoms with Gasteiger partial charge in [-0.25, -0.2) is 9.98 Å². The van der Waals surface area contributed by atoms with Gasteiger partial charge in [-0.1, -0.05) is 12.1 Å². The second kappa shape index (κ2) is 11.9. The monoisotopic (exact) mass is 497 g/mol. The number of hydrogen-bond donors (Lipinski definition) is 0. The van der Waals surface area contributed by atoms with E-state index in [2.05, 4.69) is 73.3 Å². The molecule has 0 saturated heterocycles. The summed E-state index contributed by atoms with van der Waals surface area (Å²) >= 11 is 1.73. The van der Waals surface area contributed by atoms with Gasteiger partial charge in [-0.2, -0.15) is 0 Å². The number of aromatic nitrogens is 1. The minimum absolute atomic E-state index is 0. The molecule has 1 aromatic heterocycles. The fourth-order valence-corrected chi connectivity index (χ4v) is 5.03. The maximum absolute atomic E-state index is 6.19. The van der Waals surface area contributed by atoms with Crippen LogP contribution in [0.3, 0.4) is 0 Å². The van der Waals surface area contributed by atoms with E-state index in [0.29, 0.717) is 0 Å². The van der Waals surface area contributed by atoms with E-state index >= 15 is 0 Å². The third kappa shape index (κ3) is 6.39. The summed E-state index contributed by atoms with van der Waals surface area (Å²) < 4.78 is 6.19. The highest BCUT2D eigenvalue weighted by Crippen LogP contribution is 2.33. The Bertz CT molecular complexity index is 1140. The first-order valence-electron chi connectivity index (χ1n) is 12.0. The molecule has 0 amide bonds. The van der Waals surface area contributed by atoms with Crippen molar-refractivity contribution in [2.75, 3.05) is 13.6 Å². The Kier molecular flexibility index (Phi) is 9.15. The van der Waals surface area contributed by atoms with Crippen LogP contribution < -0.4 is 4.74 Å². The predicted octanol–water partition coefficient (Wildman–Crippen LogP) is 7.41. The molecular formula is C28H36ClN3OS. The largest absolute Gasteiger partial charge is 0.491 e. The smallest absolute Gasteiger partial charge is 0.125 e. The SMILES string of the molecule is CCN(C)C=Nc1cc(OC(C)C)c(Cc2nc(-c3ccc4c(c3)CCCC4)cs2)cc1C.Cl. The summed E-state index contributed by atoms with van der Waals surface area (Å²) in [6, 6.07) is 11.2. The molecule has 1 aliphatic rings. The summed E-state index contributed by atoms with van der Waals surface area (Å²) in [6.07, 6.45) is 7.76. The standard InChI is InChI=1S/C28H35N3OS.ClH/c1-6-31(5)18-29-25-16-27(32-19(2)3)24(13-20(25)4)15-28-30-26(17-33-28)23-12-11-21-9-7-8-10-22(21)14-23;/h11-14,16-19H,6-10,15H2,1-5H3;1H. The Morgan fingerprint density at radius 3 is 2.65 bits per heavy atom. The first-order valence-corrected chi connectivity index (χ1v) is 12.9. The van der Waals surface area contributed by atoms with Crippen LogP contribution in [0, 0.1) is 6.92 Å². The van der Waals surface area contributed by atoms with Crippen LogP contribution in [0.15, 0.2) is 40.7 Å². The van der Waals surface area contributed by atoms with Crippen LogP contribution in [0.5, 0.6) is 5.75 Å². The molecule has 0 N–H and O–H groups in total. The lowest BCUT2D eigenvalue weighted by Crippen LogP contribution is -2.14. The molecule has 0 atom stereocenters. The molecule has 4 nitrogen and oxygen atoms in total. The summed E-state index contributed by atoms with van der Waals surface area (Å²) in [6.45, 7) is 9.28. The molecular weight excluding hydrogens is 462 g/mol. The number of fused-ring (bicyclic) bond motifs is 1. The normalized spacial score (nSPS) is 13.1. The third-order valence-corrected chi connectivity index (χ3v) is 7.02. The summed E-state index contributed by atoms with van der Waals surface area (Å²) in [7, 11) is 2.03. The van der Waals surface area contributed by atoms with Gasteiger partial charge < -0.3 is 9.64 Å². The van der Waals surface area contributed by atoms with Gasteiger partial charge in [0.15, 0.2) is 0 Å². The van der Waals surface area contributed by atoms with Gasteiger partial charge in [-0.15, -0.1) is 23.7 Å². The fourth-order valence-electron chi connectivity index (χ4n) is 4.20. The second-order valence-electron chi connectivity index (χ2n) is 9.22. The van der Waals surface area contributed by atoms with Crippen molar-refractivity contribution < 1.29 is 4.74 Å². The molecule has 1 heterocycles. The quantitative estimate of drug-likeness (QED) is 0.240. The molecule has 0 unspecified atom stereocenters. The van der Waals surface area contributed by atoms with Crippen molar-refractivity contribution in [3.8, 4) is 17.0 Å². The number of aliphatic imine (C=N–C) groups is 1. The highest BCUT2D eigenvalue weighted by Gasteiger charge is 2.15. The highest BCUT2D eigenvalue weighted by atomic mass is 35.5. The fraction of sp³-hybridized carbons (Fsp3) is 0.429. The van der Waals surface area contributed by atoms with Crippen molar-refractivity contribution >= 4 is 35.8 Å². The molecule has 3 aromatic rings. The average Bonchev–Trinajstić information content (AvgIpc) is 3.27. The van der Waals surface area contributed by atoms with Gasteiger partial charge in [-0.05, 0) is 82.2 Å². The van der Waals surface area contributed by atoms with Crippen LogP contribution in [0.2, 0.25) is 0 Å². The molecule has 0 spiro atoms. The first kappa shape index (κ1) is 26.2. The number of hydrogen-bond acceptors (Lipinski definition) is 4. The zero-order valence-electron chi connectivity index (χ0n) is 20.9. The second-order valence-corrected chi connectivity index (χ2v) is 10.2. The van der Waals surface area contributed by atoms with Crippen LogP contribution in [0.1, 0.15) is 60.9 Å². The van der Waals surface area contributed by atoms with Gasteiger partial charge >= 0.3 is 0 Å². The number of aryl methyl sites for hydroxylation is 3. The van der Waals surface area contributed by atoms with E-state index in [1.807, 2.05) is 13.4 Å². The molecule has 0 radical (unpaired) electrons. The molecule has 2 aromatic carbocycles. The summed E-state index contributed by atoms with van der Waals surface area (Å²) in [5.74, 6) is 0.896. The lowest BCUT2D eigenvalue weighted by Gasteiger charge is -2.16. The average molecular weight is 498 g/mol. The molecule has 0 aliphatic heterocycles. The van der Waals surface area contributed by atoms with Crippen molar-refractivity contribution in [1.82, 2.24) is 9.88 Å². The zero-order chi connectivity index (χ0) is 23.4. The van der Waals surface area contributed by atoms with E-state index in [0.717, 1.165) is 46.2 Å². The van der Waals surface area contributed by atoms with E-state index in [-0.39, 0.29) is 18.5 Å². The number of thiazole rings is 1. The molecule has 6 heteroatoms. The Hall–Kier alpha value is -2.37. The third-order valence-electron chi connectivity index (χ3n) is 6.17. The Labute approximate surface area is 214 Å². The van der Waals surface area contributed by atoms with Crippen molar-refractivity contribution in [3.63, 3.8) is 0 Å². The van der Waals surface area contributed by atoms with E-state index in [1.54, 1.807) is 11.3 Å². The Balaban J connectivity index is 0.00000324. The van der Waals surface area contributed by atoms with Gasteiger partial charge in [0.05, 0.1) is 28.8 Å². The van der Waals surface area contributed by atoms with Crippen LogP contribution in [-0.4, -0.2) is 35.9 Å². The van der Waals surface area contributed by atoms with E-state index in [9.17, 15) is 0 Å². The number of benzene rings is 2. The first-order chi connectivity index (χ1) is 15.9. The minimum atomic E-state index is 0. The molecule has 34 heavy (non-hydrogen) atoms. The van der Waals surface area contributed by atoms with Gasteiger partial charge in [0.1, 0.15) is 5.75 Å². The number of halogens is 1. The van der Waals surface area contributed by atoms with Gasteiger partial charge in [0.25, 0.3) is 0 Å². The molecule has 0 saturated carbocycles. The van der Waals surface area contributed by atoms with E-state index in [1.165, 1.54) is 42.4 Å². The van der Waals surface area contributed by atoms with Crippen LogP contribution in [0.4, 0.5) is 5.69 Å². The lowest BCUT2D eigenvalue weighted by atomic mass is 9.90. The predicted molar refractivity (Wildman–Crippen MR) is 148 cm³/mol. The minimum Gasteiger partial charge on any atom is -0.491 e. The zero-order valence-corrected chi connectivity index (χ0v) is 22.6. The van der Waals surface area contributed by atoms with Crippen LogP contribution in [0.25, 0.3) is 11.3 Å². The lowest BCUT2D eigenvalue weighted by molar-refractivity contribution is 0.240. The highest BCUT2D eigenvalue weighted by molar-refractivity contribution is 7.10. The molecule has 182 valence electrons. The molecule has 4 rings (SSSR count). The summed E-state index contributed by atoms with van der Waals surface area (Å²) in [4.78, 5) is 11.7. The maximum atomic E-state index is 6.19. The summed E-state index contributed by atoms with van der Waals surface area (Å²) in [5, 5.41) is 3.30. The van der Waals surface area contributed by atoms with Gasteiger partial charge in [-0.3, -0.25) is 0 Å². The van der Waals surface area contributed by atoms with Crippen LogP contribution >= 0.6 is 23.7 Å². The van der Waals surface area contributed by atoms with Crippen molar-refractivity contribution in [3.05, 3.63) is 63.0 Å².